The minimum atomic E-state index is 0.150. The van der Waals surface area contributed by atoms with Crippen molar-refractivity contribution in [1.82, 2.24) is 0 Å². The van der Waals surface area contributed by atoms with Gasteiger partial charge < -0.3 is 9.47 Å². The third-order valence-electron chi connectivity index (χ3n) is 4.29. The van der Waals surface area contributed by atoms with Gasteiger partial charge in [-0.3, -0.25) is 0 Å². The number of methoxy groups -OCH3 is 1. The van der Waals surface area contributed by atoms with E-state index in [1.807, 2.05) is 24.3 Å². The van der Waals surface area contributed by atoms with Crippen LogP contribution < -0.4 is 4.74 Å². The highest BCUT2D eigenvalue weighted by atomic mass is 16.5. The Morgan fingerprint density at radius 1 is 1.05 bits per heavy atom. The predicted octanol–water partition coefficient (Wildman–Crippen LogP) is 3.88. The van der Waals surface area contributed by atoms with Crippen LogP contribution in [0.4, 0.5) is 0 Å². The molecule has 0 radical (unpaired) electrons. The number of hydrogen-bond acceptors (Lipinski definition) is 2. The maximum Gasteiger partial charge on any atom is 0.118 e. The van der Waals surface area contributed by atoms with E-state index in [1.54, 1.807) is 7.11 Å². The van der Waals surface area contributed by atoms with Crippen LogP contribution >= 0.6 is 0 Å². The largest absolute Gasteiger partial charge is 0.497 e. The van der Waals surface area contributed by atoms with E-state index in [4.69, 9.17) is 9.47 Å². The Morgan fingerprint density at radius 3 is 2.57 bits per heavy atom. The molecule has 2 bridgehead atoms. The molecule has 0 aliphatic carbocycles. The number of benzene rings is 2. The molecule has 1 fully saturated rings. The van der Waals surface area contributed by atoms with Gasteiger partial charge in [0.2, 0.25) is 0 Å². The van der Waals surface area contributed by atoms with Gasteiger partial charge in [0.15, 0.2) is 0 Å². The van der Waals surface area contributed by atoms with Crippen molar-refractivity contribution < 1.29 is 9.47 Å². The van der Waals surface area contributed by atoms with E-state index in [0.29, 0.717) is 5.92 Å². The van der Waals surface area contributed by atoms with E-state index < -0.39 is 0 Å². The first-order valence-electron chi connectivity index (χ1n) is 7.25. The van der Waals surface area contributed by atoms with Crippen molar-refractivity contribution in [2.45, 2.75) is 18.6 Å². The molecule has 2 aliphatic rings. The first-order valence-corrected chi connectivity index (χ1v) is 7.25. The third-order valence-corrected chi connectivity index (χ3v) is 4.29. The van der Waals surface area contributed by atoms with Gasteiger partial charge in [0, 0.05) is 5.56 Å². The first kappa shape index (κ1) is 12.5. The molecule has 1 saturated heterocycles. The Kier molecular flexibility index (Phi) is 2.94. The van der Waals surface area contributed by atoms with Gasteiger partial charge in [0.05, 0.1) is 25.2 Å². The van der Waals surface area contributed by atoms with Crippen molar-refractivity contribution in [3.63, 3.8) is 0 Å². The van der Waals surface area contributed by atoms with Crippen LogP contribution in [-0.2, 0) is 4.74 Å². The van der Waals surface area contributed by atoms with Gasteiger partial charge >= 0.3 is 0 Å². The Balaban J connectivity index is 1.56. The van der Waals surface area contributed by atoms with E-state index in [0.717, 1.165) is 17.7 Å². The maximum absolute atomic E-state index is 6.06. The summed E-state index contributed by atoms with van der Waals surface area (Å²) in [5, 5.41) is 0. The monoisotopic (exact) mass is 276 g/mol. The Morgan fingerprint density at radius 2 is 1.81 bits per heavy atom. The van der Waals surface area contributed by atoms with Crippen LogP contribution in [0, 0.1) is 17.8 Å². The van der Waals surface area contributed by atoms with Crippen LogP contribution in [0.2, 0.25) is 0 Å². The summed E-state index contributed by atoms with van der Waals surface area (Å²) >= 11 is 0. The third kappa shape index (κ3) is 2.11. The number of rotatable bonds is 1. The predicted molar refractivity (Wildman–Crippen MR) is 81.0 cm³/mol. The molecule has 2 unspecified atom stereocenters. The topological polar surface area (TPSA) is 18.5 Å². The van der Waals surface area contributed by atoms with Crippen LogP contribution in [0.5, 0.6) is 5.75 Å². The highest BCUT2D eigenvalue weighted by Crippen LogP contribution is 2.53. The van der Waals surface area contributed by atoms with Crippen LogP contribution in [0.15, 0.2) is 48.5 Å². The lowest BCUT2D eigenvalue weighted by atomic mass is 9.84. The van der Waals surface area contributed by atoms with Crippen molar-refractivity contribution in [3.05, 3.63) is 65.2 Å². The van der Waals surface area contributed by atoms with E-state index in [-0.39, 0.29) is 12.2 Å². The molecule has 0 amide bonds. The summed E-state index contributed by atoms with van der Waals surface area (Å²) in [5.74, 6) is 7.82. The molecule has 0 N–H and O–H groups in total. The summed E-state index contributed by atoms with van der Waals surface area (Å²) in [6.07, 6.45) is 1.39. The van der Waals surface area contributed by atoms with Crippen molar-refractivity contribution in [2.24, 2.45) is 5.92 Å². The summed E-state index contributed by atoms with van der Waals surface area (Å²) in [4.78, 5) is 0. The van der Waals surface area contributed by atoms with Crippen molar-refractivity contribution in [2.75, 3.05) is 7.11 Å². The van der Waals surface area contributed by atoms with Crippen molar-refractivity contribution in [3.8, 4) is 17.6 Å². The Hall–Kier alpha value is -2.24. The summed E-state index contributed by atoms with van der Waals surface area (Å²) in [6.45, 7) is 0. The van der Waals surface area contributed by atoms with Gasteiger partial charge in [-0.25, -0.2) is 0 Å². The van der Waals surface area contributed by atoms with Crippen molar-refractivity contribution >= 4 is 0 Å². The molecule has 21 heavy (non-hydrogen) atoms. The summed E-state index contributed by atoms with van der Waals surface area (Å²) in [7, 11) is 1.67. The summed E-state index contributed by atoms with van der Waals surface area (Å²) < 4.78 is 11.2. The fourth-order valence-corrected chi connectivity index (χ4v) is 3.22. The standard InChI is InChI=1S/C19H16O2/c1-20-15-10-7-13(8-11-15)6-9-14-12-18-16-4-2-3-5-17(16)19(14)21-18/h2-5,7-8,10-11,14,18-19H,12H2,1H3/t14-,18?,19?/m0/s1. The maximum atomic E-state index is 6.06. The smallest absolute Gasteiger partial charge is 0.118 e. The Labute approximate surface area is 124 Å². The fraction of sp³-hybridized carbons (Fsp3) is 0.263. The first-order chi connectivity index (χ1) is 10.3. The molecule has 2 aromatic rings. The second-order valence-electron chi connectivity index (χ2n) is 5.51. The lowest BCUT2D eigenvalue weighted by Gasteiger charge is -2.16. The molecule has 0 spiro atoms. The normalized spacial score (nSPS) is 25.1. The van der Waals surface area contributed by atoms with E-state index >= 15 is 0 Å². The molecule has 2 aromatic carbocycles. The molecule has 2 heterocycles. The molecule has 3 atom stereocenters. The van der Waals surface area contributed by atoms with E-state index in [9.17, 15) is 0 Å². The van der Waals surface area contributed by atoms with E-state index in [1.165, 1.54) is 11.1 Å². The zero-order valence-corrected chi connectivity index (χ0v) is 11.9. The quantitative estimate of drug-likeness (QED) is 0.736. The van der Waals surface area contributed by atoms with Gasteiger partial charge in [-0.05, 0) is 41.8 Å². The van der Waals surface area contributed by atoms with Crippen LogP contribution in [0.3, 0.4) is 0 Å². The van der Waals surface area contributed by atoms with Gasteiger partial charge in [-0.2, -0.15) is 0 Å². The van der Waals surface area contributed by atoms with Crippen molar-refractivity contribution in [1.29, 1.82) is 0 Å². The number of hydrogen-bond donors (Lipinski definition) is 0. The molecule has 2 nitrogen and oxygen atoms in total. The second kappa shape index (κ2) is 4.95. The zero-order chi connectivity index (χ0) is 14.2. The zero-order valence-electron chi connectivity index (χ0n) is 11.9. The Bertz CT molecular complexity index is 721. The molecule has 104 valence electrons. The highest BCUT2D eigenvalue weighted by Gasteiger charge is 2.44. The highest BCUT2D eigenvalue weighted by molar-refractivity contribution is 5.42. The molecular formula is C19H16O2. The van der Waals surface area contributed by atoms with Gasteiger partial charge in [0.25, 0.3) is 0 Å². The number of ether oxygens (including phenoxy) is 2. The van der Waals surface area contributed by atoms with Crippen LogP contribution in [0.1, 0.15) is 35.3 Å². The van der Waals surface area contributed by atoms with Crippen LogP contribution in [-0.4, -0.2) is 7.11 Å². The van der Waals surface area contributed by atoms with Gasteiger partial charge in [-0.1, -0.05) is 36.1 Å². The van der Waals surface area contributed by atoms with Gasteiger partial charge in [-0.15, -0.1) is 0 Å². The SMILES string of the molecule is COc1ccc(C#C[C@H]2CC3OC2c2ccccc23)cc1. The average Bonchev–Trinajstić information content (AvgIpc) is 3.12. The molecule has 2 heteroatoms. The minimum Gasteiger partial charge on any atom is -0.497 e. The second-order valence-corrected chi connectivity index (χ2v) is 5.51. The minimum absolute atomic E-state index is 0.150. The molecule has 4 rings (SSSR count). The average molecular weight is 276 g/mol. The summed E-state index contributed by atoms with van der Waals surface area (Å²) in [5.41, 5.74) is 3.69. The van der Waals surface area contributed by atoms with E-state index in [2.05, 4.69) is 36.1 Å². The molecule has 0 saturated carbocycles. The molecular weight excluding hydrogens is 260 g/mol. The molecule has 2 aliphatic heterocycles. The molecule has 0 aromatic heterocycles. The summed E-state index contributed by atoms with van der Waals surface area (Å²) in [6, 6.07) is 16.4. The fourth-order valence-electron chi connectivity index (χ4n) is 3.22. The lowest BCUT2D eigenvalue weighted by Crippen LogP contribution is -2.08. The lowest BCUT2D eigenvalue weighted by molar-refractivity contribution is 0.0657. The van der Waals surface area contributed by atoms with Crippen LogP contribution in [0.25, 0.3) is 0 Å². The van der Waals surface area contributed by atoms with Gasteiger partial charge in [0.1, 0.15) is 5.75 Å². The number of fused-ring (bicyclic) bond motifs is 5.